The molecule has 0 unspecified atom stereocenters. The first-order valence-electron chi connectivity index (χ1n) is 9.09. The number of ether oxygens (including phenoxy) is 1. The molecule has 0 saturated carbocycles. The number of nitriles is 1. The molecule has 1 aromatic carbocycles. The number of amides is 2. The highest BCUT2D eigenvalue weighted by Crippen LogP contribution is 2.27. The molecular weight excluding hydrogens is 360 g/mol. The van der Waals surface area contributed by atoms with E-state index >= 15 is 0 Å². The van der Waals surface area contributed by atoms with Crippen LogP contribution in [0.25, 0.3) is 0 Å². The summed E-state index contributed by atoms with van der Waals surface area (Å²) >= 11 is 0. The summed E-state index contributed by atoms with van der Waals surface area (Å²) in [5.41, 5.74) is 7.41. The van der Waals surface area contributed by atoms with Crippen LogP contribution < -0.4 is 11.1 Å². The second kappa shape index (κ2) is 8.43. The zero-order valence-corrected chi connectivity index (χ0v) is 15.6. The average molecular weight is 382 g/mol. The third kappa shape index (κ3) is 4.06. The van der Waals surface area contributed by atoms with Gasteiger partial charge in [0.2, 0.25) is 0 Å². The molecule has 3 rings (SSSR count). The van der Waals surface area contributed by atoms with Gasteiger partial charge in [-0.25, -0.2) is 14.3 Å². The lowest BCUT2D eigenvalue weighted by atomic mass is 10.1. The van der Waals surface area contributed by atoms with Crippen LogP contribution >= 0.6 is 0 Å². The SMILES string of the molecule is CCOC(=O)c1cnn(C2CCN(C(=O)Nc3cccc(C#N)c3)CC2)c1N. The molecule has 0 radical (unpaired) electrons. The molecule has 1 fully saturated rings. The molecule has 1 aromatic heterocycles. The third-order valence-corrected chi connectivity index (χ3v) is 4.67. The Labute approximate surface area is 162 Å². The van der Waals surface area contributed by atoms with Crippen LogP contribution in [0.15, 0.2) is 30.5 Å². The quantitative estimate of drug-likeness (QED) is 0.782. The maximum Gasteiger partial charge on any atom is 0.343 e. The van der Waals surface area contributed by atoms with Crippen molar-refractivity contribution in [2.75, 3.05) is 30.7 Å². The molecule has 1 aliphatic heterocycles. The minimum atomic E-state index is -0.484. The Bertz CT molecular complexity index is 909. The number of aromatic nitrogens is 2. The number of hydrogen-bond acceptors (Lipinski definition) is 6. The molecule has 1 saturated heterocycles. The summed E-state index contributed by atoms with van der Waals surface area (Å²) in [5, 5.41) is 16.0. The van der Waals surface area contributed by atoms with Crippen LogP contribution in [0, 0.1) is 11.3 Å². The van der Waals surface area contributed by atoms with Crippen molar-refractivity contribution in [3.8, 4) is 6.07 Å². The van der Waals surface area contributed by atoms with Gasteiger partial charge in [0.15, 0.2) is 0 Å². The molecule has 3 N–H and O–H groups in total. The zero-order valence-electron chi connectivity index (χ0n) is 15.6. The Hall–Kier alpha value is -3.54. The van der Waals surface area contributed by atoms with Gasteiger partial charge in [0.1, 0.15) is 11.4 Å². The van der Waals surface area contributed by atoms with Gasteiger partial charge in [-0.2, -0.15) is 10.4 Å². The Kier molecular flexibility index (Phi) is 5.79. The molecule has 1 aliphatic rings. The smallest absolute Gasteiger partial charge is 0.343 e. The first kappa shape index (κ1) is 19.2. The highest BCUT2D eigenvalue weighted by Gasteiger charge is 2.27. The Balaban J connectivity index is 1.59. The molecule has 0 spiro atoms. The number of rotatable bonds is 4. The van der Waals surface area contributed by atoms with Crippen LogP contribution in [-0.4, -0.2) is 46.4 Å². The monoisotopic (exact) mass is 382 g/mol. The second-order valence-electron chi connectivity index (χ2n) is 6.45. The molecule has 2 aromatic rings. The van der Waals surface area contributed by atoms with Crippen molar-refractivity contribution in [2.24, 2.45) is 0 Å². The molecule has 9 heteroatoms. The summed E-state index contributed by atoms with van der Waals surface area (Å²) in [4.78, 5) is 26.1. The van der Waals surface area contributed by atoms with E-state index in [9.17, 15) is 9.59 Å². The first-order valence-corrected chi connectivity index (χ1v) is 9.09. The van der Waals surface area contributed by atoms with E-state index in [2.05, 4.69) is 10.4 Å². The fraction of sp³-hybridized carbons (Fsp3) is 0.368. The molecular formula is C19H22N6O3. The van der Waals surface area contributed by atoms with Crippen LogP contribution in [0.1, 0.15) is 41.7 Å². The van der Waals surface area contributed by atoms with Gasteiger partial charge in [-0.15, -0.1) is 0 Å². The van der Waals surface area contributed by atoms with Gasteiger partial charge in [0.25, 0.3) is 0 Å². The van der Waals surface area contributed by atoms with Crippen molar-refractivity contribution >= 4 is 23.5 Å². The van der Waals surface area contributed by atoms with Crippen molar-refractivity contribution in [1.29, 1.82) is 5.26 Å². The molecule has 0 aliphatic carbocycles. The number of nitrogen functional groups attached to an aromatic ring is 1. The van der Waals surface area contributed by atoms with E-state index in [0.717, 1.165) is 0 Å². The van der Waals surface area contributed by atoms with Crippen molar-refractivity contribution in [3.05, 3.63) is 41.6 Å². The first-order chi connectivity index (χ1) is 13.5. The van der Waals surface area contributed by atoms with Crippen LogP contribution in [0.2, 0.25) is 0 Å². The highest BCUT2D eigenvalue weighted by molar-refractivity contribution is 5.94. The number of likely N-dealkylation sites (tertiary alicyclic amines) is 1. The number of nitrogens with two attached hydrogens (primary N) is 1. The Morgan fingerprint density at radius 1 is 1.39 bits per heavy atom. The fourth-order valence-corrected chi connectivity index (χ4v) is 3.21. The fourth-order valence-electron chi connectivity index (χ4n) is 3.21. The van der Waals surface area contributed by atoms with E-state index in [-0.39, 0.29) is 30.1 Å². The summed E-state index contributed by atoms with van der Waals surface area (Å²) in [5.74, 6) is -0.197. The van der Waals surface area contributed by atoms with E-state index in [1.54, 1.807) is 40.8 Å². The number of esters is 1. The van der Waals surface area contributed by atoms with Gasteiger partial charge in [-0.3, -0.25) is 0 Å². The molecule has 0 atom stereocenters. The lowest BCUT2D eigenvalue weighted by molar-refractivity contribution is 0.0527. The largest absolute Gasteiger partial charge is 0.462 e. The Morgan fingerprint density at radius 3 is 2.82 bits per heavy atom. The molecule has 2 amide bonds. The van der Waals surface area contributed by atoms with E-state index in [0.29, 0.717) is 37.2 Å². The molecule has 2 heterocycles. The highest BCUT2D eigenvalue weighted by atomic mass is 16.5. The van der Waals surface area contributed by atoms with Crippen LogP contribution in [0.3, 0.4) is 0 Å². The predicted octanol–water partition coefficient (Wildman–Crippen LogP) is 2.38. The maximum atomic E-state index is 12.5. The van der Waals surface area contributed by atoms with E-state index in [4.69, 9.17) is 15.7 Å². The zero-order chi connectivity index (χ0) is 20.1. The van der Waals surface area contributed by atoms with Gasteiger partial charge >= 0.3 is 12.0 Å². The minimum Gasteiger partial charge on any atom is -0.462 e. The van der Waals surface area contributed by atoms with Gasteiger partial charge < -0.3 is 20.7 Å². The van der Waals surface area contributed by atoms with Crippen molar-refractivity contribution in [2.45, 2.75) is 25.8 Å². The maximum absolute atomic E-state index is 12.5. The topological polar surface area (TPSA) is 126 Å². The number of urea groups is 1. The summed E-state index contributed by atoms with van der Waals surface area (Å²) in [6.07, 6.45) is 2.76. The average Bonchev–Trinajstić information content (AvgIpc) is 3.10. The van der Waals surface area contributed by atoms with Gasteiger partial charge in [-0.05, 0) is 38.0 Å². The van der Waals surface area contributed by atoms with Gasteiger partial charge in [0, 0.05) is 18.8 Å². The van der Waals surface area contributed by atoms with Crippen LogP contribution in [0.4, 0.5) is 16.3 Å². The van der Waals surface area contributed by atoms with Crippen molar-refractivity contribution < 1.29 is 14.3 Å². The summed E-state index contributed by atoms with van der Waals surface area (Å²) < 4.78 is 6.61. The second-order valence-corrected chi connectivity index (χ2v) is 6.45. The van der Waals surface area contributed by atoms with Crippen LogP contribution in [0.5, 0.6) is 0 Å². The standard InChI is InChI=1S/C19H22N6O3/c1-2-28-18(26)16-12-22-25(17(16)21)15-6-8-24(9-7-15)19(27)23-14-5-3-4-13(10-14)11-20/h3-5,10,12,15H,2,6-9,21H2,1H3,(H,23,27). The number of benzene rings is 1. The van der Waals surface area contributed by atoms with E-state index in [1.807, 2.05) is 6.07 Å². The summed E-state index contributed by atoms with van der Waals surface area (Å²) in [6, 6.07) is 8.62. The number of carbonyl (C=O) groups excluding carboxylic acids is 2. The number of carbonyl (C=O) groups is 2. The number of hydrogen-bond donors (Lipinski definition) is 2. The molecule has 9 nitrogen and oxygen atoms in total. The third-order valence-electron chi connectivity index (χ3n) is 4.67. The predicted molar refractivity (Wildman–Crippen MR) is 103 cm³/mol. The van der Waals surface area contributed by atoms with Crippen molar-refractivity contribution in [1.82, 2.24) is 14.7 Å². The molecule has 0 bridgehead atoms. The number of nitrogens with zero attached hydrogens (tertiary/aromatic N) is 4. The minimum absolute atomic E-state index is 0.00847. The number of anilines is 2. The van der Waals surface area contributed by atoms with Gasteiger partial charge in [-0.1, -0.05) is 6.07 Å². The molecule has 146 valence electrons. The Morgan fingerprint density at radius 2 is 2.14 bits per heavy atom. The summed E-state index contributed by atoms with van der Waals surface area (Å²) in [6.45, 7) is 3.06. The van der Waals surface area contributed by atoms with Crippen molar-refractivity contribution in [3.63, 3.8) is 0 Å². The number of nitrogens with one attached hydrogen (secondary N) is 1. The van der Waals surface area contributed by atoms with E-state index < -0.39 is 5.97 Å². The number of piperidine rings is 1. The normalized spacial score (nSPS) is 14.4. The van der Waals surface area contributed by atoms with Gasteiger partial charge in [0.05, 0.1) is 30.5 Å². The molecule has 28 heavy (non-hydrogen) atoms. The van der Waals surface area contributed by atoms with Crippen LogP contribution in [-0.2, 0) is 4.74 Å². The van der Waals surface area contributed by atoms with E-state index in [1.165, 1.54) is 6.20 Å². The summed E-state index contributed by atoms with van der Waals surface area (Å²) in [7, 11) is 0. The lowest BCUT2D eigenvalue weighted by Gasteiger charge is -2.32. The lowest BCUT2D eigenvalue weighted by Crippen LogP contribution is -2.41.